The third-order valence-corrected chi connectivity index (χ3v) is 14.0. The SMILES string of the molecule is Cc1cc2c3c(c1)N(c1ccccc1-c1ccc(C(C)(C)C)cc1)c1cccc4c1B3c1c(cccc1C4(C1=CC=CCC1)c1ccccc1)N2c1ccc(C(C)(C)C)cc1. The number of anilines is 6. The van der Waals surface area contributed by atoms with Crippen LogP contribution in [0.25, 0.3) is 11.1 Å². The van der Waals surface area contributed by atoms with E-state index in [1.165, 1.54) is 101 Å². The van der Waals surface area contributed by atoms with Crippen LogP contribution in [0.3, 0.4) is 0 Å². The van der Waals surface area contributed by atoms with Crippen molar-refractivity contribution in [2.45, 2.75) is 77.6 Å². The molecule has 61 heavy (non-hydrogen) atoms. The normalized spacial score (nSPS) is 17.3. The smallest absolute Gasteiger partial charge is 0.253 e. The Morgan fingerprint density at radius 2 is 1.08 bits per heavy atom. The molecule has 7 aromatic rings. The molecular weight excluding hydrogens is 735 g/mol. The molecule has 3 heteroatoms. The van der Waals surface area contributed by atoms with E-state index in [1.54, 1.807) is 0 Å². The second-order valence-corrected chi connectivity index (χ2v) is 19.7. The summed E-state index contributed by atoms with van der Waals surface area (Å²) < 4.78 is 0. The molecule has 0 radical (unpaired) electrons. The summed E-state index contributed by atoms with van der Waals surface area (Å²) in [6, 6.07) is 58.4. The van der Waals surface area contributed by atoms with Crippen molar-refractivity contribution in [3.63, 3.8) is 0 Å². The van der Waals surface area contributed by atoms with Gasteiger partial charge in [0.15, 0.2) is 0 Å². The third-order valence-electron chi connectivity index (χ3n) is 14.0. The zero-order valence-corrected chi connectivity index (χ0v) is 36.6. The van der Waals surface area contributed by atoms with Crippen LogP contribution in [0, 0.1) is 6.92 Å². The number of hydrogen-bond donors (Lipinski definition) is 0. The van der Waals surface area contributed by atoms with E-state index in [1.807, 2.05) is 0 Å². The minimum atomic E-state index is -0.491. The zero-order valence-electron chi connectivity index (χ0n) is 36.6. The van der Waals surface area contributed by atoms with Gasteiger partial charge in [-0.1, -0.05) is 175 Å². The maximum atomic E-state index is 2.62. The van der Waals surface area contributed by atoms with Crippen molar-refractivity contribution in [1.82, 2.24) is 0 Å². The molecule has 2 nitrogen and oxygen atoms in total. The standard InChI is InChI=1S/C58H53BN2/c1-38-36-51-55-52(37-38)61(48-25-15-14-22-45(48)39-28-30-40(31-29-39)56(2,3)4)50-27-17-24-47-54(50)59(55)53-46(58(47,42-18-10-8-11-19-42)43-20-12-9-13-21-43)23-16-26-49(53)60(51)44-34-32-41(33-35-44)57(5,6)7/h8-12,14-20,22-37H,13,21H2,1-7H3. The van der Waals surface area contributed by atoms with Crippen molar-refractivity contribution in [3.05, 3.63) is 209 Å². The van der Waals surface area contributed by atoms with Crippen molar-refractivity contribution >= 4 is 57.2 Å². The maximum absolute atomic E-state index is 2.62. The average molecular weight is 789 g/mol. The largest absolute Gasteiger partial charge is 0.311 e. The van der Waals surface area contributed by atoms with E-state index in [-0.39, 0.29) is 17.5 Å². The summed E-state index contributed by atoms with van der Waals surface area (Å²) in [5, 5.41) is 0. The van der Waals surface area contributed by atoms with Crippen LogP contribution < -0.4 is 26.2 Å². The van der Waals surface area contributed by atoms with E-state index in [0.29, 0.717) is 0 Å². The molecule has 4 aliphatic rings. The highest BCUT2D eigenvalue weighted by Gasteiger charge is 2.55. The third kappa shape index (κ3) is 5.55. The number of hydrogen-bond acceptors (Lipinski definition) is 2. The minimum absolute atomic E-state index is 0.0540. The highest BCUT2D eigenvalue weighted by Crippen LogP contribution is 2.55. The van der Waals surface area contributed by atoms with Gasteiger partial charge in [-0.2, -0.15) is 0 Å². The molecule has 0 bridgehead atoms. The molecule has 0 aromatic heterocycles. The van der Waals surface area contributed by atoms with Crippen molar-refractivity contribution in [3.8, 4) is 11.1 Å². The zero-order chi connectivity index (χ0) is 41.8. The van der Waals surface area contributed by atoms with E-state index in [9.17, 15) is 0 Å². The van der Waals surface area contributed by atoms with Crippen LogP contribution >= 0.6 is 0 Å². The molecule has 3 heterocycles. The molecule has 1 atom stereocenters. The maximum Gasteiger partial charge on any atom is 0.253 e. The van der Waals surface area contributed by atoms with Crippen molar-refractivity contribution < 1.29 is 0 Å². The Balaban J connectivity index is 1.27. The summed E-state index contributed by atoms with van der Waals surface area (Å²) in [5.41, 5.74) is 23.2. The van der Waals surface area contributed by atoms with Gasteiger partial charge in [0.25, 0.3) is 6.71 Å². The Hall–Kier alpha value is -6.32. The molecule has 1 aliphatic carbocycles. The van der Waals surface area contributed by atoms with Gasteiger partial charge < -0.3 is 9.80 Å². The van der Waals surface area contributed by atoms with E-state index in [4.69, 9.17) is 0 Å². The monoisotopic (exact) mass is 788 g/mol. The fourth-order valence-electron chi connectivity index (χ4n) is 11.2. The first-order valence-electron chi connectivity index (χ1n) is 22.2. The van der Waals surface area contributed by atoms with E-state index < -0.39 is 5.41 Å². The molecule has 3 aliphatic heterocycles. The highest BCUT2D eigenvalue weighted by molar-refractivity contribution is 7.01. The lowest BCUT2D eigenvalue weighted by Crippen LogP contribution is -2.68. The summed E-state index contributed by atoms with van der Waals surface area (Å²) in [4.78, 5) is 5.21. The van der Waals surface area contributed by atoms with Gasteiger partial charge in [-0.15, -0.1) is 0 Å². The first kappa shape index (κ1) is 37.7. The number of benzene rings is 7. The fourth-order valence-corrected chi connectivity index (χ4v) is 11.2. The Morgan fingerprint density at radius 3 is 1.69 bits per heavy atom. The number of rotatable bonds is 5. The molecule has 1 unspecified atom stereocenters. The van der Waals surface area contributed by atoms with Crippen LogP contribution in [0.15, 0.2) is 175 Å². The molecule has 7 aromatic carbocycles. The fraction of sp³-hybridized carbons (Fsp3) is 0.207. The second-order valence-electron chi connectivity index (χ2n) is 19.7. The lowest BCUT2D eigenvalue weighted by Gasteiger charge is -2.53. The Kier molecular flexibility index (Phi) is 8.40. The molecule has 298 valence electrons. The number of para-hydroxylation sites is 1. The van der Waals surface area contributed by atoms with Crippen molar-refractivity contribution in [2.24, 2.45) is 0 Å². The first-order valence-corrected chi connectivity index (χ1v) is 22.2. The van der Waals surface area contributed by atoms with Gasteiger partial charge >= 0.3 is 0 Å². The van der Waals surface area contributed by atoms with Crippen molar-refractivity contribution in [1.29, 1.82) is 0 Å². The topological polar surface area (TPSA) is 6.48 Å². The molecule has 0 saturated carbocycles. The van der Waals surface area contributed by atoms with Crippen LogP contribution in [-0.2, 0) is 16.2 Å². The predicted octanol–water partition coefficient (Wildman–Crippen LogP) is 13.3. The van der Waals surface area contributed by atoms with Crippen LogP contribution in [0.1, 0.15) is 87.8 Å². The van der Waals surface area contributed by atoms with Crippen LogP contribution in [0.4, 0.5) is 34.1 Å². The van der Waals surface area contributed by atoms with Crippen molar-refractivity contribution in [2.75, 3.05) is 9.80 Å². The molecule has 0 amide bonds. The molecule has 0 spiro atoms. The molecular formula is C58H53BN2. The van der Waals surface area contributed by atoms with Gasteiger partial charge in [0.05, 0.1) is 11.1 Å². The highest BCUT2D eigenvalue weighted by atomic mass is 15.2. The number of nitrogens with zero attached hydrogens (tertiary/aromatic N) is 2. The van der Waals surface area contributed by atoms with Gasteiger partial charge in [0, 0.05) is 34.0 Å². The minimum Gasteiger partial charge on any atom is -0.311 e. The molecule has 11 rings (SSSR count). The lowest BCUT2D eigenvalue weighted by atomic mass is 9.27. The lowest BCUT2D eigenvalue weighted by molar-refractivity contribution is 0.590. The van der Waals surface area contributed by atoms with Gasteiger partial charge in [0.2, 0.25) is 0 Å². The number of allylic oxidation sites excluding steroid dienone is 4. The van der Waals surface area contributed by atoms with E-state index in [0.717, 1.165) is 12.8 Å². The summed E-state index contributed by atoms with van der Waals surface area (Å²) in [6.07, 6.45) is 9.09. The average Bonchev–Trinajstić information content (AvgIpc) is 3.27. The molecule has 0 N–H and O–H groups in total. The van der Waals surface area contributed by atoms with E-state index in [2.05, 4.69) is 228 Å². The summed E-state index contributed by atoms with van der Waals surface area (Å²) in [6.45, 7) is 16.1. The quantitative estimate of drug-likeness (QED) is 0.160. The van der Waals surface area contributed by atoms with Gasteiger partial charge in [-0.05, 0) is 128 Å². The predicted molar refractivity (Wildman–Crippen MR) is 261 cm³/mol. The number of aryl methyl sites for hydroxylation is 1. The Morgan fingerprint density at radius 1 is 0.525 bits per heavy atom. The van der Waals surface area contributed by atoms with Crippen LogP contribution in [0.2, 0.25) is 0 Å². The first-order chi connectivity index (χ1) is 29.5. The van der Waals surface area contributed by atoms with Crippen LogP contribution in [-0.4, -0.2) is 6.71 Å². The summed E-state index contributed by atoms with van der Waals surface area (Å²) >= 11 is 0. The van der Waals surface area contributed by atoms with Crippen LogP contribution in [0.5, 0.6) is 0 Å². The van der Waals surface area contributed by atoms with Gasteiger partial charge in [-0.3, -0.25) is 0 Å². The Bertz CT molecular complexity index is 2940. The second kappa shape index (κ2) is 13.6. The summed E-state index contributed by atoms with van der Waals surface area (Å²) in [7, 11) is 0. The molecule has 0 fully saturated rings. The summed E-state index contributed by atoms with van der Waals surface area (Å²) in [5.74, 6) is 0. The van der Waals surface area contributed by atoms with Gasteiger partial charge in [-0.25, -0.2) is 0 Å². The Labute approximate surface area is 363 Å². The molecule has 0 saturated heterocycles. The van der Waals surface area contributed by atoms with E-state index >= 15 is 0 Å². The van der Waals surface area contributed by atoms with Gasteiger partial charge in [0.1, 0.15) is 0 Å².